The fourth-order valence-corrected chi connectivity index (χ4v) is 2.95. The molecular formula is C14H20N6O2S. The highest BCUT2D eigenvalue weighted by molar-refractivity contribution is 7.92. The van der Waals surface area contributed by atoms with Crippen LogP contribution in [0, 0.1) is 0 Å². The lowest BCUT2D eigenvalue weighted by Gasteiger charge is -2.34. The summed E-state index contributed by atoms with van der Waals surface area (Å²) in [4.78, 5) is 11.1. The van der Waals surface area contributed by atoms with Gasteiger partial charge in [-0.25, -0.2) is 14.2 Å². The molecule has 1 aliphatic rings. The van der Waals surface area contributed by atoms with E-state index in [9.17, 15) is 4.21 Å². The SMILES string of the molecule is CC1COCCN1c1cc(N=S(C)(C)=O)nc(-c2cc[nH]n2)n1. The van der Waals surface area contributed by atoms with Crippen molar-refractivity contribution in [3.63, 3.8) is 0 Å². The van der Waals surface area contributed by atoms with E-state index < -0.39 is 9.73 Å². The molecule has 0 radical (unpaired) electrons. The predicted molar refractivity (Wildman–Crippen MR) is 89.3 cm³/mol. The van der Waals surface area contributed by atoms with E-state index in [4.69, 9.17) is 4.74 Å². The molecule has 0 bridgehead atoms. The number of hydrogen-bond acceptors (Lipinski definition) is 7. The molecular weight excluding hydrogens is 316 g/mol. The van der Waals surface area contributed by atoms with Crippen molar-refractivity contribution in [3.05, 3.63) is 18.3 Å². The Kier molecular flexibility index (Phi) is 4.31. The topological polar surface area (TPSA) is 96.4 Å². The van der Waals surface area contributed by atoms with E-state index >= 15 is 0 Å². The van der Waals surface area contributed by atoms with Gasteiger partial charge in [-0.05, 0) is 13.0 Å². The number of aromatic nitrogens is 4. The predicted octanol–water partition coefficient (Wildman–Crippen LogP) is 1.45. The van der Waals surface area contributed by atoms with Crippen LogP contribution in [0.5, 0.6) is 0 Å². The van der Waals surface area contributed by atoms with Crippen LogP contribution in [0.1, 0.15) is 6.92 Å². The van der Waals surface area contributed by atoms with Crippen LogP contribution in [0.4, 0.5) is 11.6 Å². The lowest BCUT2D eigenvalue weighted by molar-refractivity contribution is 0.0985. The van der Waals surface area contributed by atoms with E-state index in [0.29, 0.717) is 30.5 Å². The normalized spacial score (nSPS) is 18.9. The maximum Gasteiger partial charge on any atom is 0.184 e. The second-order valence-electron chi connectivity index (χ2n) is 5.76. The summed E-state index contributed by atoms with van der Waals surface area (Å²) in [5.74, 6) is 1.61. The molecule has 1 N–H and O–H groups in total. The maximum absolute atomic E-state index is 12.0. The van der Waals surface area contributed by atoms with Gasteiger partial charge in [-0.3, -0.25) is 5.10 Å². The van der Waals surface area contributed by atoms with E-state index in [0.717, 1.165) is 12.4 Å². The van der Waals surface area contributed by atoms with Crippen LogP contribution in [-0.4, -0.2) is 62.7 Å². The fourth-order valence-electron chi connectivity index (χ4n) is 2.41. The number of ether oxygens (including phenoxy) is 1. The highest BCUT2D eigenvalue weighted by Gasteiger charge is 2.22. The Balaban J connectivity index is 2.09. The van der Waals surface area contributed by atoms with Gasteiger partial charge in [-0.2, -0.15) is 9.46 Å². The number of H-pyrrole nitrogens is 1. The van der Waals surface area contributed by atoms with Crippen LogP contribution in [0.25, 0.3) is 11.5 Å². The summed E-state index contributed by atoms with van der Waals surface area (Å²) in [5, 5.41) is 6.88. The van der Waals surface area contributed by atoms with Crippen molar-refractivity contribution in [2.45, 2.75) is 13.0 Å². The number of aromatic amines is 1. The maximum atomic E-state index is 12.0. The van der Waals surface area contributed by atoms with Crippen molar-refractivity contribution < 1.29 is 8.95 Å². The third-order valence-corrected chi connectivity index (χ3v) is 4.03. The van der Waals surface area contributed by atoms with Gasteiger partial charge in [0.2, 0.25) is 0 Å². The molecule has 1 atom stereocenters. The molecule has 3 rings (SSSR count). The summed E-state index contributed by atoms with van der Waals surface area (Å²) in [7, 11) is -2.31. The number of nitrogens with one attached hydrogen (secondary N) is 1. The summed E-state index contributed by atoms with van der Waals surface area (Å²) >= 11 is 0. The van der Waals surface area contributed by atoms with Crippen molar-refractivity contribution >= 4 is 21.4 Å². The molecule has 0 aliphatic carbocycles. The average molecular weight is 336 g/mol. The summed E-state index contributed by atoms with van der Waals surface area (Å²) in [5.41, 5.74) is 0.628. The Labute approximate surface area is 135 Å². The summed E-state index contributed by atoms with van der Waals surface area (Å²) < 4.78 is 21.7. The number of hydrogen-bond donors (Lipinski definition) is 1. The fraction of sp³-hybridized carbons (Fsp3) is 0.500. The quantitative estimate of drug-likeness (QED) is 0.911. The first-order chi connectivity index (χ1) is 10.9. The Hall–Kier alpha value is -2.00. The first-order valence-electron chi connectivity index (χ1n) is 7.33. The van der Waals surface area contributed by atoms with Crippen molar-refractivity contribution in [1.82, 2.24) is 20.2 Å². The van der Waals surface area contributed by atoms with E-state index in [1.165, 1.54) is 0 Å². The molecule has 2 aromatic heterocycles. The van der Waals surface area contributed by atoms with Crippen molar-refractivity contribution in [2.24, 2.45) is 4.36 Å². The third kappa shape index (κ3) is 3.85. The van der Waals surface area contributed by atoms with Gasteiger partial charge >= 0.3 is 0 Å². The minimum atomic E-state index is -2.31. The molecule has 8 nitrogen and oxygen atoms in total. The number of rotatable bonds is 3. The molecule has 1 aliphatic heterocycles. The lowest BCUT2D eigenvalue weighted by Crippen LogP contribution is -2.44. The molecule has 23 heavy (non-hydrogen) atoms. The largest absolute Gasteiger partial charge is 0.377 e. The zero-order chi connectivity index (χ0) is 16.4. The zero-order valence-corrected chi connectivity index (χ0v) is 14.2. The molecule has 124 valence electrons. The van der Waals surface area contributed by atoms with Gasteiger partial charge in [0.1, 0.15) is 11.5 Å². The highest BCUT2D eigenvalue weighted by Crippen LogP contribution is 2.25. The van der Waals surface area contributed by atoms with E-state index in [-0.39, 0.29) is 6.04 Å². The van der Waals surface area contributed by atoms with Gasteiger partial charge in [0.05, 0.1) is 19.3 Å². The molecule has 1 unspecified atom stereocenters. The van der Waals surface area contributed by atoms with Crippen LogP contribution in [0.15, 0.2) is 22.7 Å². The van der Waals surface area contributed by atoms with Crippen molar-refractivity contribution in [2.75, 3.05) is 37.2 Å². The lowest BCUT2D eigenvalue weighted by atomic mass is 10.2. The van der Waals surface area contributed by atoms with Gasteiger partial charge in [-0.15, -0.1) is 0 Å². The Morgan fingerprint density at radius 1 is 1.43 bits per heavy atom. The van der Waals surface area contributed by atoms with Crippen molar-refractivity contribution in [3.8, 4) is 11.5 Å². The van der Waals surface area contributed by atoms with Crippen molar-refractivity contribution in [1.29, 1.82) is 0 Å². The van der Waals surface area contributed by atoms with Crippen LogP contribution in [0.2, 0.25) is 0 Å². The molecule has 1 saturated heterocycles. The minimum Gasteiger partial charge on any atom is -0.377 e. The molecule has 0 spiro atoms. The number of anilines is 1. The summed E-state index contributed by atoms with van der Waals surface area (Å²) in [6.07, 6.45) is 4.88. The molecule has 0 aromatic carbocycles. The molecule has 0 saturated carbocycles. The zero-order valence-electron chi connectivity index (χ0n) is 13.4. The smallest absolute Gasteiger partial charge is 0.184 e. The van der Waals surface area contributed by atoms with Crippen LogP contribution in [-0.2, 0) is 14.5 Å². The van der Waals surface area contributed by atoms with Crippen LogP contribution < -0.4 is 4.90 Å². The first kappa shape index (κ1) is 15.9. The van der Waals surface area contributed by atoms with E-state index in [2.05, 4.69) is 36.4 Å². The molecule has 3 heterocycles. The van der Waals surface area contributed by atoms with Gasteiger partial charge in [0, 0.05) is 41.0 Å². The van der Waals surface area contributed by atoms with Gasteiger partial charge in [-0.1, -0.05) is 0 Å². The Morgan fingerprint density at radius 2 is 2.26 bits per heavy atom. The summed E-state index contributed by atoms with van der Waals surface area (Å²) in [6, 6.07) is 3.76. The number of morpholine rings is 1. The Bertz CT molecular complexity index is 790. The molecule has 2 aromatic rings. The van der Waals surface area contributed by atoms with E-state index in [1.807, 2.05) is 0 Å². The highest BCUT2D eigenvalue weighted by atomic mass is 32.2. The second-order valence-corrected chi connectivity index (χ2v) is 8.30. The monoisotopic (exact) mass is 336 g/mol. The standard InChI is InChI=1S/C14H20N6O2S/c1-10-9-22-7-6-20(10)13-8-12(19-23(2,3)21)16-14(17-13)11-4-5-15-18-11/h4-5,8,10H,6-7,9H2,1-3H3,(H,15,18). The first-order valence-corrected chi connectivity index (χ1v) is 9.66. The molecule has 1 fully saturated rings. The molecule has 0 amide bonds. The second kappa shape index (κ2) is 6.25. The van der Waals surface area contributed by atoms with Gasteiger partial charge in [0.25, 0.3) is 0 Å². The summed E-state index contributed by atoms with van der Waals surface area (Å²) in [6.45, 7) is 4.11. The van der Waals surface area contributed by atoms with Gasteiger partial charge < -0.3 is 9.64 Å². The van der Waals surface area contributed by atoms with Crippen LogP contribution in [0.3, 0.4) is 0 Å². The third-order valence-electron chi connectivity index (χ3n) is 3.40. The van der Waals surface area contributed by atoms with Gasteiger partial charge in [0.15, 0.2) is 11.6 Å². The Morgan fingerprint density at radius 3 is 2.91 bits per heavy atom. The molecule has 9 heteroatoms. The average Bonchev–Trinajstić information content (AvgIpc) is 2.99. The number of nitrogens with zero attached hydrogens (tertiary/aromatic N) is 5. The minimum absolute atomic E-state index is 0.200. The van der Waals surface area contributed by atoms with E-state index in [1.54, 1.807) is 30.8 Å². The van der Waals surface area contributed by atoms with Crippen LogP contribution >= 0.6 is 0 Å².